The molecule has 0 bridgehead atoms. The molecule has 1 unspecified atom stereocenters. The molecule has 0 saturated carbocycles. The van der Waals surface area contributed by atoms with Gasteiger partial charge >= 0.3 is 0 Å². The van der Waals surface area contributed by atoms with Crippen LogP contribution in [-0.2, 0) is 13.0 Å². The maximum absolute atomic E-state index is 11.0. The van der Waals surface area contributed by atoms with Crippen LogP contribution in [0, 0.1) is 19.8 Å². The summed E-state index contributed by atoms with van der Waals surface area (Å²) in [5.74, 6) is 1.96. The minimum Gasteiger partial charge on any atom is -0.439 e. The molecule has 36 heavy (non-hydrogen) atoms. The van der Waals surface area contributed by atoms with Crippen molar-refractivity contribution in [3.05, 3.63) is 107 Å². The first kappa shape index (κ1) is 25.7. The monoisotopic (exact) mass is 483 g/mol. The Balaban J connectivity index is 1.64. The van der Waals surface area contributed by atoms with Crippen molar-refractivity contribution < 1.29 is 9.84 Å². The van der Waals surface area contributed by atoms with Crippen molar-refractivity contribution in [2.45, 2.75) is 46.8 Å². The van der Waals surface area contributed by atoms with Gasteiger partial charge in [0.2, 0.25) is 5.88 Å². The van der Waals surface area contributed by atoms with Gasteiger partial charge in [-0.2, -0.15) is 5.10 Å². The second-order valence-corrected chi connectivity index (χ2v) is 9.97. The van der Waals surface area contributed by atoms with E-state index in [4.69, 9.17) is 9.84 Å². The van der Waals surface area contributed by atoms with Crippen LogP contribution in [0.15, 0.2) is 84.9 Å². The number of aliphatic hydroxyl groups is 1. The molecular weight excluding hydrogens is 446 g/mol. The van der Waals surface area contributed by atoms with Gasteiger partial charge in [0.25, 0.3) is 0 Å². The fraction of sp³-hybridized carbons (Fsp3) is 0.323. The predicted molar refractivity (Wildman–Crippen MR) is 146 cm³/mol. The second-order valence-electron chi connectivity index (χ2n) is 9.97. The Morgan fingerprint density at radius 3 is 2.25 bits per heavy atom. The average Bonchev–Trinajstić information content (AvgIpc) is 3.14. The number of para-hydroxylation sites is 1. The van der Waals surface area contributed by atoms with Crippen molar-refractivity contribution in [3.63, 3.8) is 0 Å². The molecule has 4 aromatic rings. The molecule has 0 saturated heterocycles. The maximum atomic E-state index is 11.0. The van der Waals surface area contributed by atoms with Gasteiger partial charge in [-0.05, 0) is 61.6 Å². The van der Waals surface area contributed by atoms with E-state index in [0.717, 1.165) is 46.2 Å². The molecule has 0 fully saturated rings. The minimum absolute atomic E-state index is 0.458. The van der Waals surface area contributed by atoms with Crippen molar-refractivity contribution in [3.8, 4) is 17.3 Å². The van der Waals surface area contributed by atoms with Gasteiger partial charge in [-0.1, -0.05) is 74.5 Å². The maximum Gasteiger partial charge on any atom is 0.227 e. The molecular formula is C31H37N3O2. The molecule has 1 aromatic heterocycles. The SMILES string of the molecule is Cc1cccc(Oc2c(CN(CC(C)C)CC(O)Cc3ccccc3)c(C)nn2-c2ccccc2)c1. The highest BCUT2D eigenvalue weighted by molar-refractivity contribution is 5.43. The summed E-state index contributed by atoms with van der Waals surface area (Å²) in [6, 6.07) is 28.3. The lowest BCUT2D eigenvalue weighted by molar-refractivity contribution is 0.101. The van der Waals surface area contributed by atoms with E-state index < -0.39 is 6.10 Å². The van der Waals surface area contributed by atoms with Gasteiger partial charge in [-0.15, -0.1) is 0 Å². The Labute approximate surface area is 215 Å². The Morgan fingerprint density at radius 2 is 1.58 bits per heavy atom. The fourth-order valence-electron chi connectivity index (χ4n) is 4.55. The smallest absolute Gasteiger partial charge is 0.227 e. The van der Waals surface area contributed by atoms with Crippen molar-refractivity contribution in [1.82, 2.24) is 14.7 Å². The van der Waals surface area contributed by atoms with Crippen LogP contribution in [0.2, 0.25) is 0 Å². The van der Waals surface area contributed by atoms with Crippen LogP contribution in [0.5, 0.6) is 11.6 Å². The third-order valence-corrected chi connectivity index (χ3v) is 6.13. The van der Waals surface area contributed by atoms with Crippen LogP contribution in [0.3, 0.4) is 0 Å². The van der Waals surface area contributed by atoms with Crippen LogP contribution >= 0.6 is 0 Å². The van der Waals surface area contributed by atoms with Crippen LogP contribution < -0.4 is 4.74 Å². The van der Waals surface area contributed by atoms with Gasteiger partial charge in [-0.3, -0.25) is 4.90 Å². The van der Waals surface area contributed by atoms with Gasteiger partial charge in [0, 0.05) is 19.6 Å². The molecule has 188 valence electrons. The van der Waals surface area contributed by atoms with Crippen molar-refractivity contribution >= 4 is 0 Å². The largest absolute Gasteiger partial charge is 0.439 e. The van der Waals surface area contributed by atoms with E-state index in [9.17, 15) is 5.11 Å². The first-order chi connectivity index (χ1) is 17.4. The second kappa shape index (κ2) is 12.0. The summed E-state index contributed by atoms with van der Waals surface area (Å²) in [6.45, 7) is 10.6. The summed E-state index contributed by atoms with van der Waals surface area (Å²) in [5.41, 5.74) is 5.20. The number of aliphatic hydroxyl groups excluding tert-OH is 1. The standard InChI is InChI=1S/C31H37N3O2/c1-23(2)20-33(21-28(35)19-26-13-7-5-8-14-26)22-30-25(4)32-34(27-15-9-6-10-16-27)31(30)36-29-17-11-12-24(3)18-29/h5-18,23,28,35H,19-22H2,1-4H3. The first-order valence-corrected chi connectivity index (χ1v) is 12.7. The average molecular weight is 484 g/mol. The van der Waals surface area contributed by atoms with Gasteiger partial charge < -0.3 is 9.84 Å². The molecule has 0 spiro atoms. The predicted octanol–water partition coefficient (Wildman–Crippen LogP) is 6.34. The summed E-state index contributed by atoms with van der Waals surface area (Å²) in [7, 11) is 0. The highest BCUT2D eigenvalue weighted by Gasteiger charge is 2.23. The van der Waals surface area contributed by atoms with Crippen LogP contribution in [0.1, 0.15) is 36.2 Å². The zero-order chi connectivity index (χ0) is 25.5. The molecule has 5 nitrogen and oxygen atoms in total. The quantitative estimate of drug-likeness (QED) is 0.270. The van der Waals surface area contributed by atoms with Crippen molar-refractivity contribution in [2.24, 2.45) is 5.92 Å². The molecule has 3 aromatic carbocycles. The number of hydrogen-bond donors (Lipinski definition) is 1. The molecule has 4 rings (SSSR count). The summed E-state index contributed by atoms with van der Waals surface area (Å²) in [5, 5.41) is 15.8. The van der Waals surface area contributed by atoms with E-state index in [1.54, 1.807) is 0 Å². The van der Waals surface area contributed by atoms with E-state index in [0.29, 0.717) is 25.4 Å². The normalized spacial score (nSPS) is 12.3. The molecule has 1 heterocycles. The Hall–Kier alpha value is -3.41. The summed E-state index contributed by atoms with van der Waals surface area (Å²) < 4.78 is 8.40. The zero-order valence-corrected chi connectivity index (χ0v) is 21.8. The highest BCUT2D eigenvalue weighted by atomic mass is 16.5. The number of benzene rings is 3. The number of hydrogen-bond acceptors (Lipinski definition) is 4. The van der Waals surface area contributed by atoms with Crippen LogP contribution in [-0.4, -0.2) is 39.0 Å². The zero-order valence-electron chi connectivity index (χ0n) is 21.8. The lowest BCUT2D eigenvalue weighted by Gasteiger charge is -2.27. The molecule has 0 aliphatic rings. The van der Waals surface area contributed by atoms with E-state index in [1.165, 1.54) is 0 Å². The van der Waals surface area contributed by atoms with E-state index >= 15 is 0 Å². The van der Waals surface area contributed by atoms with Gasteiger partial charge in [-0.25, -0.2) is 4.68 Å². The molecule has 1 N–H and O–H groups in total. The third-order valence-electron chi connectivity index (χ3n) is 6.13. The van der Waals surface area contributed by atoms with Gasteiger partial charge in [0.1, 0.15) is 5.75 Å². The van der Waals surface area contributed by atoms with E-state index in [1.807, 2.05) is 78.3 Å². The number of nitrogens with zero attached hydrogens (tertiary/aromatic N) is 3. The Morgan fingerprint density at radius 1 is 0.889 bits per heavy atom. The lowest BCUT2D eigenvalue weighted by atomic mass is 10.1. The van der Waals surface area contributed by atoms with Crippen LogP contribution in [0.4, 0.5) is 0 Å². The minimum atomic E-state index is -0.461. The number of aromatic nitrogens is 2. The Bertz CT molecular complexity index is 1240. The molecule has 1 atom stereocenters. The van der Waals surface area contributed by atoms with Gasteiger partial charge in [0.05, 0.1) is 23.0 Å². The van der Waals surface area contributed by atoms with Crippen LogP contribution in [0.25, 0.3) is 5.69 Å². The topological polar surface area (TPSA) is 50.5 Å². The lowest BCUT2D eigenvalue weighted by Crippen LogP contribution is -2.35. The summed E-state index contributed by atoms with van der Waals surface area (Å²) >= 11 is 0. The Kier molecular flexibility index (Phi) is 8.57. The number of rotatable bonds is 11. The van der Waals surface area contributed by atoms with E-state index in [2.05, 4.69) is 43.9 Å². The number of ether oxygens (including phenoxy) is 1. The van der Waals surface area contributed by atoms with Crippen molar-refractivity contribution in [2.75, 3.05) is 13.1 Å². The summed E-state index contributed by atoms with van der Waals surface area (Å²) in [4.78, 5) is 2.32. The highest BCUT2D eigenvalue weighted by Crippen LogP contribution is 2.32. The fourth-order valence-corrected chi connectivity index (χ4v) is 4.55. The molecule has 0 aliphatic carbocycles. The molecule has 0 aliphatic heterocycles. The number of aryl methyl sites for hydroxylation is 2. The molecule has 0 amide bonds. The third kappa shape index (κ3) is 6.84. The summed E-state index contributed by atoms with van der Waals surface area (Å²) in [6.07, 6.45) is 0.168. The first-order valence-electron chi connectivity index (χ1n) is 12.7. The van der Waals surface area contributed by atoms with Gasteiger partial charge in [0.15, 0.2) is 0 Å². The van der Waals surface area contributed by atoms with E-state index in [-0.39, 0.29) is 0 Å². The molecule has 0 radical (unpaired) electrons. The molecule has 5 heteroatoms. The van der Waals surface area contributed by atoms with Crippen molar-refractivity contribution in [1.29, 1.82) is 0 Å².